The highest BCUT2D eigenvalue weighted by atomic mass is 16.5. The third kappa shape index (κ3) is 3.47. The molecule has 3 rings (SSSR count). The summed E-state index contributed by atoms with van der Waals surface area (Å²) in [5.41, 5.74) is 12.2. The summed E-state index contributed by atoms with van der Waals surface area (Å²) in [7, 11) is 0. The average Bonchev–Trinajstić information content (AvgIpc) is 3.12. The molecule has 1 aromatic rings. The van der Waals surface area contributed by atoms with Gasteiger partial charge in [0.25, 0.3) is 5.91 Å². The summed E-state index contributed by atoms with van der Waals surface area (Å²) in [6.45, 7) is 0.267. The van der Waals surface area contributed by atoms with E-state index in [1.807, 2.05) is 12.1 Å². The van der Waals surface area contributed by atoms with Crippen LogP contribution in [0.15, 0.2) is 24.3 Å². The Hall–Kier alpha value is -2.08. The minimum absolute atomic E-state index is 0.000940. The normalized spacial score (nSPS) is 28.6. The van der Waals surface area contributed by atoms with Crippen molar-refractivity contribution in [3.63, 3.8) is 0 Å². The topological polar surface area (TPSA) is 107 Å². The highest BCUT2D eigenvalue weighted by Gasteiger charge is 2.48. The summed E-state index contributed by atoms with van der Waals surface area (Å²) >= 11 is 0. The number of ether oxygens (including phenoxy) is 1. The van der Waals surface area contributed by atoms with Crippen molar-refractivity contribution in [2.24, 2.45) is 29.2 Å². The molecule has 6 heteroatoms. The molecule has 2 saturated carbocycles. The lowest BCUT2D eigenvalue weighted by Crippen LogP contribution is -2.45. The largest absolute Gasteiger partial charge is 0.484 e. The summed E-state index contributed by atoms with van der Waals surface area (Å²) in [6.07, 6.45) is 3.37. The van der Waals surface area contributed by atoms with Gasteiger partial charge in [0, 0.05) is 12.6 Å². The molecule has 4 atom stereocenters. The number of benzene rings is 1. The third-order valence-corrected chi connectivity index (χ3v) is 5.03. The number of nitrogens with two attached hydrogens (primary N) is 2. The number of carbonyl (C=O) groups is 2. The number of carbonyl (C=O) groups excluding carboxylic acids is 2. The van der Waals surface area contributed by atoms with Gasteiger partial charge in [-0.05, 0) is 48.8 Å². The molecule has 4 unspecified atom stereocenters. The number of fused-ring (bicyclic) bond motifs is 2. The maximum absolute atomic E-state index is 12.4. The van der Waals surface area contributed by atoms with Gasteiger partial charge < -0.3 is 21.5 Å². The molecule has 0 aromatic heterocycles. The van der Waals surface area contributed by atoms with Gasteiger partial charge in [-0.3, -0.25) is 9.59 Å². The van der Waals surface area contributed by atoms with Gasteiger partial charge in [0.2, 0.25) is 5.91 Å². The smallest absolute Gasteiger partial charge is 0.255 e. The van der Waals surface area contributed by atoms with Gasteiger partial charge in [-0.25, -0.2) is 0 Å². The molecule has 124 valence electrons. The van der Waals surface area contributed by atoms with E-state index in [1.165, 1.54) is 0 Å². The van der Waals surface area contributed by atoms with Gasteiger partial charge in [-0.2, -0.15) is 0 Å². The lowest BCUT2D eigenvalue weighted by molar-refractivity contribution is -0.127. The number of hydrogen-bond donors (Lipinski definition) is 3. The molecule has 23 heavy (non-hydrogen) atoms. The molecule has 5 N–H and O–H groups in total. The first-order valence-electron chi connectivity index (χ1n) is 8.08. The second-order valence-corrected chi connectivity index (χ2v) is 6.56. The van der Waals surface area contributed by atoms with Crippen LogP contribution < -0.4 is 21.5 Å². The number of nitrogens with one attached hydrogen (secondary N) is 1. The number of amides is 2. The Morgan fingerprint density at radius 3 is 2.74 bits per heavy atom. The molecule has 0 radical (unpaired) electrons. The monoisotopic (exact) mass is 317 g/mol. The van der Waals surface area contributed by atoms with Crippen LogP contribution in [0.3, 0.4) is 0 Å². The highest BCUT2D eigenvalue weighted by molar-refractivity contribution is 5.80. The minimum Gasteiger partial charge on any atom is -0.484 e. The quantitative estimate of drug-likeness (QED) is 0.711. The Bertz CT molecular complexity index is 603. The van der Waals surface area contributed by atoms with Crippen LogP contribution in [0, 0.1) is 17.8 Å². The summed E-state index contributed by atoms with van der Waals surface area (Å²) in [5, 5.41) is 2.98. The molecular formula is C17H23N3O3. The number of hydrogen-bond acceptors (Lipinski definition) is 4. The Balaban J connectivity index is 1.55. The van der Waals surface area contributed by atoms with E-state index in [1.54, 1.807) is 12.1 Å². The van der Waals surface area contributed by atoms with E-state index >= 15 is 0 Å². The van der Waals surface area contributed by atoms with E-state index in [0.717, 1.165) is 24.8 Å². The van der Waals surface area contributed by atoms with Crippen molar-refractivity contribution in [1.82, 2.24) is 5.32 Å². The molecule has 0 saturated heterocycles. The van der Waals surface area contributed by atoms with E-state index in [-0.39, 0.29) is 24.5 Å². The van der Waals surface area contributed by atoms with E-state index in [0.29, 0.717) is 24.1 Å². The van der Waals surface area contributed by atoms with Crippen LogP contribution in [-0.2, 0) is 16.1 Å². The van der Waals surface area contributed by atoms with Crippen LogP contribution in [0.2, 0.25) is 0 Å². The van der Waals surface area contributed by atoms with Gasteiger partial charge in [-0.15, -0.1) is 0 Å². The molecule has 6 nitrogen and oxygen atoms in total. The maximum Gasteiger partial charge on any atom is 0.255 e. The van der Waals surface area contributed by atoms with Gasteiger partial charge in [-0.1, -0.05) is 12.1 Å². The summed E-state index contributed by atoms with van der Waals surface area (Å²) in [5.74, 6) is 0.999. The lowest BCUT2D eigenvalue weighted by atomic mass is 9.84. The molecule has 2 aliphatic rings. The fourth-order valence-electron chi connectivity index (χ4n) is 3.93. The first-order valence-corrected chi connectivity index (χ1v) is 8.08. The summed E-state index contributed by atoms with van der Waals surface area (Å²) in [6, 6.07) is 7.27. The summed E-state index contributed by atoms with van der Waals surface area (Å²) < 4.78 is 5.26. The van der Waals surface area contributed by atoms with Crippen LogP contribution >= 0.6 is 0 Å². The Labute approximate surface area is 135 Å². The van der Waals surface area contributed by atoms with Gasteiger partial charge in [0.15, 0.2) is 6.61 Å². The van der Waals surface area contributed by atoms with Crippen molar-refractivity contribution in [2.75, 3.05) is 6.61 Å². The average molecular weight is 317 g/mol. The van der Waals surface area contributed by atoms with E-state index in [4.69, 9.17) is 16.2 Å². The molecular weight excluding hydrogens is 294 g/mol. The highest BCUT2D eigenvalue weighted by Crippen LogP contribution is 2.47. The maximum atomic E-state index is 12.4. The molecule has 0 aliphatic heterocycles. The number of primary amides is 1. The predicted molar refractivity (Wildman–Crippen MR) is 85.3 cm³/mol. The van der Waals surface area contributed by atoms with E-state index in [9.17, 15) is 9.59 Å². The zero-order valence-electron chi connectivity index (χ0n) is 13.0. The molecule has 1 aromatic carbocycles. The van der Waals surface area contributed by atoms with Crippen molar-refractivity contribution >= 4 is 11.8 Å². The van der Waals surface area contributed by atoms with E-state index < -0.39 is 5.91 Å². The lowest BCUT2D eigenvalue weighted by Gasteiger charge is -2.27. The fourth-order valence-corrected chi connectivity index (χ4v) is 3.93. The van der Waals surface area contributed by atoms with Crippen LogP contribution in [0.25, 0.3) is 0 Å². The van der Waals surface area contributed by atoms with Crippen molar-refractivity contribution < 1.29 is 14.3 Å². The fraction of sp³-hybridized carbons (Fsp3) is 0.529. The molecule has 2 fully saturated rings. The van der Waals surface area contributed by atoms with Crippen molar-refractivity contribution in [2.45, 2.75) is 31.8 Å². The van der Waals surface area contributed by atoms with Crippen LogP contribution in [-0.4, -0.2) is 24.5 Å². The number of rotatable bonds is 6. The molecule has 2 amide bonds. The zero-order chi connectivity index (χ0) is 16.4. The summed E-state index contributed by atoms with van der Waals surface area (Å²) in [4.78, 5) is 23.2. The SMILES string of the molecule is NC(=O)COc1cccc(CNC(=O)C2C3CCC(C3)C2N)c1. The predicted octanol–water partition coefficient (Wildman–Crippen LogP) is 0.540. The van der Waals surface area contributed by atoms with Crippen molar-refractivity contribution in [1.29, 1.82) is 0 Å². The Morgan fingerprint density at radius 2 is 2.04 bits per heavy atom. The van der Waals surface area contributed by atoms with Crippen molar-refractivity contribution in [3.05, 3.63) is 29.8 Å². The minimum atomic E-state index is -0.519. The molecule has 0 spiro atoms. The van der Waals surface area contributed by atoms with Crippen LogP contribution in [0.4, 0.5) is 0 Å². The van der Waals surface area contributed by atoms with Gasteiger partial charge in [0.05, 0.1) is 5.92 Å². The van der Waals surface area contributed by atoms with Crippen LogP contribution in [0.1, 0.15) is 24.8 Å². The zero-order valence-corrected chi connectivity index (χ0v) is 13.0. The molecule has 2 aliphatic carbocycles. The Morgan fingerprint density at radius 1 is 1.26 bits per heavy atom. The molecule has 2 bridgehead atoms. The Kier molecular flexibility index (Phi) is 4.52. The second-order valence-electron chi connectivity index (χ2n) is 6.56. The first-order chi connectivity index (χ1) is 11.0. The first kappa shape index (κ1) is 15.8. The second kappa shape index (κ2) is 6.58. The van der Waals surface area contributed by atoms with Crippen molar-refractivity contribution in [3.8, 4) is 5.75 Å². The van der Waals surface area contributed by atoms with Crippen LogP contribution in [0.5, 0.6) is 5.75 Å². The van der Waals surface area contributed by atoms with E-state index in [2.05, 4.69) is 5.32 Å². The standard InChI is InChI=1S/C17H23N3O3/c18-14(21)9-23-13-3-1-2-10(6-13)8-20-17(22)15-11-4-5-12(7-11)16(15)19/h1-3,6,11-12,15-16H,4-5,7-9,19H2,(H2,18,21)(H,20,22). The third-order valence-electron chi connectivity index (χ3n) is 5.03. The van der Waals surface area contributed by atoms with Gasteiger partial charge >= 0.3 is 0 Å². The molecule has 0 heterocycles. The van der Waals surface area contributed by atoms with Gasteiger partial charge in [0.1, 0.15) is 5.75 Å².